The van der Waals surface area contributed by atoms with Crippen molar-refractivity contribution < 1.29 is 0 Å². The van der Waals surface area contributed by atoms with E-state index >= 15 is 0 Å². The molecule has 0 N–H and O–H groups in total. The molecule has 1 heterocycles. The van der Waals surface area contributed by atoms with E-state index in [1.54, 1.807) is 0 Å². The monoisotopic (exact) mass is 173 g/mol. The first-order valence-corrected chi connectivity index (χ1v) is 4.04. The standard InChI is InChI=1S/C9H15N.ClH/c1-2-3-4-7-10-8-5-6-9-10;/h5-6,8-9H,2-4,7H2,1H3;1H. The van der Waals surface area contributed by atoms with Gasteiger partial charge in [0.15, 0.2) is 0 Å². The molecule has 2 heteroatoms. The van der Waals surface area contributed by atoms with Gasteiger partial charge >= 0.3 is 0 Å². The predicted octanol–water partition coefficient (Wildman–Crippen LogP) is 3.10. The maximum absolute atomic E-state index is 2.23. The molecule has 0 aliphatic heterocycles. The Bertz CT molecular complexity index is 158. The number of halogens is 1. The number of hydrogen-bond donors (Lipinski definition) is 0. The van der Waals surface area contributed by atoms with Crippen LogP contribution in [0.1, 0.15) is 26.2 Å². The Labute approximate surface area is 74.8 Å². The zero-order chi connectivity index (χ0) is 7.23. The van der Waals surface area contributed by atoms with Crippen molar-refractivity contribution in [3.8, 4) is 0 Å². The van der Waals surface area contributed by atoms with Crippen molar-refractivity contribution in [2.45, 2.75) is 32.7 Å². The first-order valence-electron chi connectivity index (χ1n) is 4.04. The molecule has 0 saturated carbocycles. The number of unbranched alkanes of at least 4 members (excludes halogenated alkanes) is 2. The van der Waals surface area contributed by atoms with E-state index in [0.29, 0.717) is 0 Å². The fourth-order valence-corrected chi connectivity index (χ4v) is 1.06. The molecule has 0 aliphatic rings. The van der Waals surface area contributed by atoms with Crippen molar-refractivity contribution in [1.29, 1.82) is 0 Å². The van der Waals surface area contributed by atoms with Crippen molar-refractivity contribution in [2.24, 2.45) is 0 Å². The van der Waals surface area contributed by atoms with E-state index in [1.807, 2.05) is 0 Å². The fourth-order valence-electron chi connectivity index (χ4n) is 1.06. The highest BCUT2D eigenvalue weighted by Gasteiger charge is 1.86. The first kappa shape index (κ1) is 10.6. The maximum Gasteiger partial charge on any atom is 0.0219 e. The van der Waals surface area contributed by atoms with E-state index in [2.05, 4.69) is 36.0 Å². The second kappa shape index (κ2) is 6.29. The summed E-state index contributed by atoms with van der Waals surface area (Å²) in [5.41, 5.74) is 0. The van der Waals surface area contributed by atoms with E-state index in [-0.39, 0.29) is 12.4 Å². The van der Waals surface area contributed by atoms with Crippen molar-refractivity contribution >= 4 is 12.4 Å². The highest BCUT2D eigenvalue weighted by molar-refractivity contribution is 5.85. The summed E-state index contributed by atoms with van der Waals surface area (Å²) in [5.74, 6) is 0. The molecule has 0 radical (unpaired) electrons. The minimum atomic E-state index is 0. The van der Waals surface area contributed by atoms with E-state index < -0.39 is 0 Å². The fraction of sp³-hybridized carbons (Fsp3) is 0.556. The minimum absolute atomic E-state index is 0. The molecule has 1 aromatic rings. The van der Waals surface area contributed by atoms with Crippen LogP contribution in [-0.4, -0.2) is 4.57 Å². The van der Waals surface area contributed by atoms with Gasteiger partial charge < -0.3 is 4.57 Å². The second-order valence-corrected chi connectivity index (χ2v) is 2.63. The summed E-state index contributed by atoms with van der Waals surface area (Å²) in [6, 6.07) is 4.15. The summed E-state index contributed by atoms with van der Waals surface area (Å²) in [7, 11) is 0. The van der Waals surface area contributed by atoms with Crippen molar-refractivity contribution in [3.05, 3.63) is 24.5 Å². The molecule has 1 nitrogen and oxygen atoms in total. The number of nitrogens with zero attached hydrogens (tertiary/aromatic N) is 1. The van der Waals surface area contributed by atoms with Gasteiger partial charge in [-0.25, -0.2) is 0 Å². The van der Waals surface area contributed by atoms with Crippen LogP contribution in [0.5, 0.6) is 0 Å². The maximum atomic E-state index is 2.23. The zero-order valence-electron chi connectivity index (χ0n) is 6.99. The Hall–Kier alpha value is -0.430. The van der Waals surface area contributed by atoms with Gasteiger partial charge in [0.25, 0.3) is 0 Å². The Balaban J connectivity index is 0.000001000. The lowest BCUT2D eigenvalue weighted by Crippen LogP contribution is -1.92. The number of hydrogen-bond acceptors (Lipinski definition) is 0. The Kier molecular flexibility index (Phi) is 6.05. The van der Waals surface area contributed by atoms with Gasteiger partial charge in [-0.15, -0.1) is 12.4 Å². The number of aryl methyl sites for hydroxylation is 1. The van der Waals surface area contributed by atoms with Crippen LogP contribution in [-0.2, 0) is 6.54 Å². The van der Waals surface area contributed by atoms with Gasteiger partial charge in [0.05, 0.1) is 0 Å². The van der Waals surface area contributed by atoms with Gasteiger partial charge in [-0.2, -0.15) is 0 Å². The molecule has 0 aromatic carbocycles. The Morgan fingerprint density at radius 2 is 1.73 bits per heavy atom. The highest BCUT2D eigenvalue weighted by atomic mass is 35.5. The van der Waals surface area contributed by atoms with Crippen LogP contribution in [0.25, 0.3) is 0 Å². The third kappa shape index (κ3) is 4.10. The lowest BCUT2D eigenvalue weighted by molar-refractivity contribution is 0.604. The second-order valence-electron chi connectivity index (χ2n) is 2.63. The molecule has 0 atom stereocenters. The van der Waals surface area contributed by atoms with Gasteiger partial charge in [0, 0.05) is 18.9 Å². The molecule has 0 fully saturated rings. The topological polar surface area (TPSA) is 4.93 Å². The van der Waals surface area contributed by atoms with E-state index in [9.17, 15) is 0 Å². The number of aromatic nitrogens is 1. The van der Waals surface area contributed by atoms with Crippen molar-refractivity contribution in [3.63, 3.8) is 0 Å². The predicted molar refractivity (Wildman–Crippen MR) is 51.2 cm³/mol. The molecule has 0 amide bonds. The molecule has 0 aliphatic carbocycles. The van der Waals surface area contributed by atoms with E-state index in [0.717, 1.165) is 0 Å². The molecule has 1 aromatic heterocycles. The van der Waals surface area contributed by atoms with Gasteiger partial charge in [-0.1, -0.05) is 19.8 Å². The van der Waals surface area contributed by atoms with Gasteiger partial charge in [-0.05, 0) is 18.6 Å². The van der Waals surface area contributed by atoms with Crippen LogP contribution in [0.2, 0.25) is 0 Å². The summed E-state index contributed by atoms with van der Waals surface area (Å²) in [6.07, 6.45) is 8.20. The smallest absolute Gasteiger partial charge is 0.0219 e. The third-order valence-electron chi connectivity index (χ3n) is 1.69. The Morgan fingerprint density at radius 1 is 1.09 bits per heavy atom. The van der Waals surface area contributed by atoms with E-state index in [1.165, 1.54) is 25.8 Å². The molecule has 0 unspecified atom stereocenters. The summed E-state index contributed by atoms with van der Waals surface area (Å²) in [5, 5.41) is 0. The van der Waals surface area contributed by atoms with Gasteiger partial charge in [-0.3, -0.25) is 0 Å². The molecule has 64 valence electrons. The van der Waals surface area contributed by atoms with Gasteiger partial charge in [0.1, 0.15) is 0 Å². The summed E-state index contributed by atoms with van der Waals surface area (Å²) in [4.78, 5) is 0. The molecule has 0 saturated heterocycles. The lowest BCUT2D eigenvalue weighted by Gasteiger charge is -1.99. The summed E-state index contributed by atoms with van der Waals surface area (Å²) >= 11 is 0. The van der Waals surface area contributed by atoms with Gasteiger partial charge in [0.2, 0.25) is 0 Å². The first-order chi connectivity index (χ1) is 4.93. The van der Waals surface area contributed by atoms with Crippen LogP contribution >= 0.6 is 12.4 Å². The average molecular weight is 174 g/mol. The molecule has 0 bridgehead atoms. The molecule has 11 heavy (non-hydrogen) atoms. The highest BCUT2D eigenvalue weighted by Crippen LogP contribution is 1.98. The third-order valence-corrected chi connectivity index (χ3v) is 1.69. The van der Waals surface area contributed by atoms with Crippen LogP contribution in [0.4, 0.5) is 0 Å². The minimum Gasteiger partial charge on any atom is -0.354 e. The molecular weight excluding hydrogens is 158 g/mol. The summed E-state index contributed by atoms with van der Waals surface area (Å²) < 4.78 is 2.23. The number of rotatable bonds is 4. The van der Waals surface area contributed by atoms with Crippen molar-refractivity contribution in [2.75, 3.05) is 0 Å². The normalized spacial score (nSPS) is 9.18. The average Bonchev–Trinajstić information content (AvgIpc) is 2.41. The van der Waals surface area contributed by atoms with E-state index in [4.69, 9.17) is 0 Å². The summed E-state index contributed by atoms with van der Waals surface area (Å²) in [6.45, 7) is 3.41. The van der Waals surface area contributed by atoms with Crippen molar-refractivity contribution in [1.82, 2.24) is 4.57 Å². The lowest BCUT2D eigenvalue weighted by atomic mass is 10.2. The SMILES string of the molecule is CCCCCn1cccc1.Cl. The van der Waals surface area contributed by atoms with Crippen LogP contribution in [0.3, 0.4) is 0 Å². The quantitative estimate of drug-likeness (QED) is 0.617. The van der Waals surface area contributed by atoms with Crippen LogP contribution in [0.15, 0.2) is 24.5 Å². The largest absolute Gasteiger partial charge is 0.354 e. The van der Waals surface area contributed by atoms with Crippen LogP contribution in [0, 0.1) is 0 Å². The zero-order valence-corrected chi connectivity index (χ0v) is 7.81. The molecular formula is C9H16ClN. The van der Waals surface area contributed by atoms with Crippen LogP contribution < -0.4 is 0 Å². The molecule has 0 spiro atoms. The molecule has 1 rings (SSSR count). The Morgan fingerprint density at radius 3 is 2.27 bits per heavy atom.